The van der Waals surface area contributed by atoms with Crippen LogP contribution in [0.2, 0.25) is 0 Å². The van der Waals surface area contributed by atoms with Crippen LogP contribution in [0.15, 0.2) is 23.6 Å². The highest BCUT2D eigenvalue weighted by molar-refractivity contribution is 5.80. The first-order valence-corrected chi connectivity index (χ1v) is 6.26. The third-order valence-corrected chi connectivity index (χ3v) is 2.94. The van der Waals surface area contributed by atoms with E-state index in [1.807, 2.05) is 0 Å². The van der Waals surface area contributed by atoms with E-state index < -0.39 is 0 Å². The van der Waals surface area contributed by atoms with Crippen molar-refractivity contribution in [2.45, 2.75) is 19.4 Å². The summed E-state index contributed by atoms with van der Waals surface area (Å²) in [6.07, 6.45) is 6.27. The number of hydrogen-bond acceptors (Lipinski definition) is 4. The molecule has 1 aliphatic carbocycles. The van der Waals surface area contributed by atoms with Crippen molar-refractivity contribution in [2.75, 3.05) is 25.5 Å². The Kier molecular flexibility index (Phi) is 4.33. The van der Waals surface area contributed by atoms with Gasteiger partial charge in [-0.25, -0.2) is 4.98 Å². The molecular formula is C12H20N6. The standard InChI is InChI=1S/C12H20N6/c1-9-7-10(9)18-12(13-2)17-6-5-16-11-8-14-3-4-15-11/h3-4,8-10H,5-7H2,1-2H3,(H,15,16)(H2,13,17,18). The van der Waals surface area contributed by atoms with E-state index in [1.54, 1.807) is 25.6 Å². The summed E-state index contributed by atoms with van der Waals surface area (Å²) in [5, 5.41) is 9.81. The van der Waals surface area contributed by atoms with E-state index in [4.69, 9.17) is 0 Å². The van der Waals surface area contributed by atoms with Crippen LogP contribution in [0.4, 0.5) is 5.82 Å². The molecule has 0 radical (unpaired) electrons. The van der Waals surface area contributed by atoms with Crippen LogP contribution in [0, 0.1) is 5.92 Å². The first-order valence-electron chi connectivity index (χ1n) is 6.26. The molecule has 0 spiro atoms. The van der Waals surface area contributed by atoms with Crippen molar-refractivity contribution in [3.05, 3.63) is 18.6 Å². The third kappa shape index (κ3) is 3.87. The quantitative estimate of drug-likeness (QED) is 0.401. The van der Waals surface area contributed by atoms with Crippen LogP contribution < -0.4 is 16.0 Å². The Morgan fingerprint density at radius 3 is 2.89 bits per heavy atom. The molecule has 6 nitrogen and oxygen atoms in total. The van der Waals surface area contributed by atoms with Gasteiger partial charge in [0.2, 0.25) is 0 Å². The van der Waals surface area contributed by atoms with Crippen LogP contribution in [0.25, 0.3) is 0 Å². The fourth-order valence-corrected chi connectivity index (χ4v) is 1.66. The van der Waals surface area contributed by atoms with Gasteiger partial charge in [0.15, 0.2) is 5.96 Å². The number of nitrogens with zero attached hydrogens (tertiary/aromatic N) is 3. The predicted octanol–water partition coefficient (Wildman–Crippen LogP) is 0.462. The minimum Gasteiger partial charge on any atom is -0.367 e. The van der Waals surface area contributed by atoms with E-state index in [2.05, 4.69) is 37.8 Å². The van der Waals surface area contributed by atoms with E-state index in [1.165, 1.54) is 6.42 Å². The first-order chi connectivity index (χ1) is 8.79. The number of hydrogen-bond donors (Lipinski definition) is 3. The molecule has 1 aromatic rings. The van der Waals surface area contributed by atoms with Gasteiger partial charge in [0.1, 0.15) is 5.82 Å². The van der Waals surface area contributed by atoms with Gasteiger partial charge in [-0.15, -0.1) is 0 Å². The van der Waals surface area contributed by atoms with E-state index in [0.29, 0.717) is 6.04 Å². The summed E-state index contributed by atoms with van der Waals surface area (Å²) >= 11 is 0. The number of anilines is 1. The lowest BCUT2D eigenvalue weighted by Gasteiger charge is -2.11. The lowest BCUT2D eigenvalue weighted by molar-refractivity contribution is 0.766. The van der Waals surface area contributed by atoms with E-state index in [0.717, 1.165) is 30.8 Å². The SMILES string of the molecule is CN=C(NCCNc1cnccn1)NC1CC1C. The van der Waals surface area contributed by atoms with E-state index in [9.17, 15) is 0 Å². The Balaban J connectivity index is 1.62. The third-order valence-electron chi connectivity index (χ3n) is 2.94. The molecule has 0 bridgehead atoms. The number of guanidine groups is 1. The molecule has 1 aromatic heterocycles. The average molecular weight is 248 g/mol. The second-order valence-electron chi connectivity index (χ2n) is 4.48. The van der Waals surface area contributed by atoms with Crippen molar-refractivity contribution in [2.24, 2.45) is 10.9 Å². The number of aliphatic imine (C=N–C) groups is 1. The molecule has 0 saturated heterocycles. The van der Waals surface area contributed by atoms with Gasteiger partial charge < -0.3 is 16.0 Å². The van der Waals surface area contributed by atoms with Crippen LogP contribution >= 0.6 is 0 Å². The normalized spacial score (nSPS) is 22.4. The van der Waals surface area contributed by atoms with E-state index in [-0.39, 0.29) is 0 Å². The molecule has 6 heteroatoms. The highest BCUT2D eigenvalue weighted by atomic mass is 15.2. The maximum atomic E-state index is 4.19. The minimum absolute atomic E-state index is 0.587. The molecule has 0 aromatic carbocycles. The minimum atomic E-state index is 0.587. The van der Waals surface area contributed by atoms with Crippen LogP contribution in [-0.4, -0.2) is 42.1 Å². The monoisotopic (exact) mass is 248 g/mol. The van der Waals surface area contributed by atoms with Gasteiger partial charge in [-0.05, 0) is 12.3 Å². The Labute approximate surface area is 107 Å². The highest BCUT2D eigenvalue weighted by Gasteiger charge is 2.32. The molecule has 0 amide bonds. The zero-order chi connectivity index (χ0) is 12.8. The Hall–Kier alpha value is -1.85. The molecule has 98 valence electrons. The van der Waals surface area contributed by atoms with Crippen molar-refractivity contribution < 1.29 is 0 Å². The van der Waals surface area contributed by atoms with Crippen molar-refractivity contribution in [3.8, 4) is 0 Å². The zero-order valence-corrected chi connectivity index (χ0v) is 10.8. The summed E-state index contributed by atoms with van der Waals surface area (Å²) < 4.78 is 0. The van der Waals surface area contributed by atoms with Gasteiger partial charge in [-0.3, -0.25) is 9.98 Å². The smallest absolute Gasteiger partial charge is 0.191 e. The summed E-state index contributed by atoms with van der Waals surface area (Å²) in [5.74, 6) is 2.42. The van der Waals surface area contributed by atoms with Gasteiger partial charge in [0.25, 0.3) is 0 Å². The van der Waals surface area contributed by atoms with Crippen molar-refractivity contribution in [1.29, 1.82) is 0 Å². The van der Waals surface area contributed by atoms with Crippen LogP contribution in [-0.2, 0) is 0 Å². The Bertz CT molecular complexity index is 391. The maximum Gasteiger partial charge on any atom is 0.191 e. The highest BCUT2D eigenvalue weighted by Crippen LogP contribution is 2.28. The topological polar surface area (TPSA) is 74.2 Å². The van der Waals surface area contributed by atoms with E-state index >= 15 is 0 Å². The van der Waals surface area contributed by atoms with Gasteiger partial charge in [0.05, 0.1) is 6.20 Å². The maximum absolute atomic E-state index is 4.19. The van der Waals surface area contributed by atoms with Crippen LogP contribution in [0.3, 0.4) is 0 Å². The predicted molar refractivity (Wildman–Crippen MR) is 72.6 cm³/mol. The van der Waals surface area contributed by atoms with Crippen LogP contribution in [0.5, 0.6) is 0 Å². The van der Waals surface area contributed by atoms with Gasteiger partial charge in [-0.2, -0.15) is 0 Å². The van der Waals surface area contributed by atoms with Gasteiger partial charge in [-0.1, -0.05) is 6.92 Å². The molecule has 18 heavy (non-hydrogen) atoms. The molecule has 1 saturated carbocycles. The Morgan fingerprint density at radius 1 is 1.44 bits per heavy atom. The molecular weight excluding hydrogens is 228 g/mol. The van der Waals surface area contributed by atoms with Gasteiger partial charge in [0, 0.05) is 38.6 Å². The largest absolute Gasteiger partial charge is 0.367 e. The molecule has 3 N–H and O–H groups in total. The first kappa shape index (κ1) is 12.6. The van der Waals surface area contributed by atoms with Crippen molar-refractivity contribution in [3.63, 3.8) is 0 Å². The average Bonchev–Trinajstić information content (AvgIpc) is 3.10. The lowest BCUT2D eigenvalue weighted by Crippen LogP contribution is -2.41. The second-order valence-corrected chi connectivity index (χ2v) is 4.48. The summed E-state index contributed by atoms with van der Waals surface area (Å²) in [6, 6.07) is 0.587. The van der Waals surface area contributed by atoms with Crippen LogP contribution in [0.1, 0.15) is 13.3 Å². The zero-order valence-electron chi connectivity index (χ0n) is 10.8. The number of nitrogens with one attached hydrogen (secondary N) is 3. The summed E-state index contributed by atoms with van der Waals surface area (Å²) in [7, 11) is 1.79. The molecule has 0 aliphatic heterocycles. The fraction of sp³-hybridized carbons (Fsp3) is 0.583. The fourth-order valence-electron chi connectivity index (χ4n) is 1.66. The molecule has 1 fully saturated rings. The molecule has 2 rings (SSSR count). The molecule has 1 aliphatic rings. The lowest BCUT2D eigenvalue weighted by atomic mass is 10.5. The van der Waals surface area contributed by atoms with Gasteiger partial charge >= 0.3 is 0 Å². The summed E-state index contributed by atoms with van der Waals surface area (Å²) in [6.45, 7) is 3.80. The number of rotatable bonds is 5. The molecule has 2 unspecified atom stereocenters. The van der Waals surface area contributed by atoms with Crippen molar-refractivity contribution >= 4 is 11.8 Å². The van der Waals surface area contributed by atoms with Crippen molar-refractivity contribution in [1.82, 2.24) is 20.6 Å². The summed E-state index contributed by atoms with van der Waals surface area (Å²) in [4.78, 5) is 12.3. The summed E-state index contributed by atoms with van der Waals surface area (Å²) in [5.41, 5.74) is 0. The Morgan fingerprint density at radius 2 is 2.28 bits per heavy atom. The molecule has 1 heterocycles. The molecule has 2 atom stereocenters. The second kappa shape index (κ2) is 6.18. The number of aromatic nitrogens is 2.